The molecule has 1 aromatic rings. The predicted molar refractivity (Wildman–Crippen MR) is 292 cm³/mol. The van der Waals surface area contributed by atoms with Crippen LogP contribution in [0.1, 0.15) is 272 Å². The molecule has 66 heavy (non-hydrogen) atoms. The summed E-state index contributed by atoms with van der Waals surface area (Å²) in [7, 11) is 0. The monoisotopic (exact) mass is 913 g/mol. The van der Waals surface area contributed by atoms with E-state index in [1.165, 1.54) is 227 Å². The molecule has 0 saturated carbocycles. The molecule has 0 bridgehead atoms. The van der Waals surface area contributed by atoms with Gasteiger partial charge in [-0.25, -0.2) is 0 Å². The molecule has 3 heterocycles. The van der Waals surface area contributed by atoms with E-state index in [1.807, 2.05) is 0 Å². The Hall–Kier alpha value is -2.37. The largest absolute Gasteiger partial charge is 0.354 e. The lowest BCUT2D eigenvalue weighted by Crippen LogP contribution is -2.34. The second kappa shape index (κ2) is 33.2. The highest BCUT2D eigenvalue weighted by atomic mass is 15.3. The second-order valence-corrected chi connectivity index (χ2v) is 22.5. The molecule has 0 N–H and O–H groups in total. The zero-order valence-corrected chi connectivity index (χ0v) is 45.3. The Morgan fingerprint density at radius 2 is 0.530 bits per heavy atom. The smallest absolute Gasteiger partial charge is 0.131 e. The van der Waals surface area contributed by atoms with Gasteiger partial charge in [-0.15, -0.1) is 0 Å². The molecule has 0 unspecified atom stereocenters. The average molecular weight is 914 g/mol. The van der Waals surface area contributed by atoms with Crippen molar-refractivity contribution in [3.8, 4) is 0 Å². The summed E-state index contributed by atoms with van der Waals surface area (Å²) >= 11 is 0. The summed E-state index contributed by atoms with van der Waals surface area (Å²) < 4.78 is 0. The van der Waals surface area contributed by atoms with Crippen LogP contribution >= 0.6 is 0 Å². The average Bonchev–Trinajstić information content (AvgIpc) is 4.06. The van der Waals surface area contributed by atoms with E-state index in [1.54, 1.807) is 0 Å². The quantitative estimate of drug-likeness (QED) is 0.0618. The summed E-state index contributed by atoms with van der Waals surface area (Å²) in [6, 6.07) is 8.47. The third kappa shape index (κ3) is 20.3. The molecular formula is C60H108N6. The zero-order valence-electron chi connectivity index (χ0n) is 45.3. The minimum Gasteiger partial charge on any atom is -0.354 e. The molecule has 0 radical (unpaired) electrons. The molecule has 0 spiro atoms. The Bertz CT molecular complexity index is 1320. The van der Waals surface area contributed by atoms with Gasteiger partial charge >= 0.3 is 0 Å². The predicted octanol–water partition coefficient (Wildman–Crippen LogP) is 16.7. The van der Waals surface area contributed by atoms with E-state index < -0.39 is 0 Å². The molecule has 4 rings (SSSR count). The van der Waals surface area contributed by atoms with Crippen LogP contribution in [0.4, 0.5) is 0 Å². The van der Waals surface area contributed by atoms with Crippen molar-refractivity contribution in [2.24, 2.45) is 32.7 Å². The lowest BCUT2D eigenvalue weighted by Gasteiger charge is -2.26. The molecular weight excluding hydrogens is 805 g/mol. The summed E-state index contributed by atoms with van der Waals surface area (Å²) in [6.07, 6.45) is 41.1. The van der Waals surface area contributed by atoms with Crippen molar-refractivity contribution in [2.45, 2.75) is 273 Å². The highest BCUT2D eigenvalue weighted by Gasteiger charge is 2.34. The van der Waals surface area contributed by atoms with E-state index in [0.717, 1.165) is 39.3 Å². The van der Waals surface area contributed by atoms with Crippen molar-refractivity contribution in [3.05, 3.63) is 34.9 Å². The number of unbranched alkanes of at least 4 members (excludes halogenated alkanes) is 27. The molecule has 6 nitrogen and oxygen atoms in total. The van der Waals surface area contributed by atoms with E-state index in [9.17, 15) is 0 Å². The molecule has 0 aliphatic carbocycles. The molecule has 6 heteroatoms. The van der Waals surface area contributed by atoms with Gasteiger partial charge in [0.25, 0.3) is 0 Å². The normalized spacial score (nSPS) is 18.8. The number of nitrogens with zero attached hydrogens (tertiary/aromatic N) is 6. The Morgan fingerprint density at radius 1 is 0.333 bits per heavy atom. The second-order valence-electron chi connectivity index (χ2n) is 22.5. The van der Waals surface area contributed by atoms with Gasteiger partial charge in [0, 0.05) is 56.0 Å². The Balaban J connectivity index is 1.56. The maximum atomic E-state index is 5.61. The van der Waals surface area contributed by atoms with Crippen molar-refractivity contribution in [1.82, 2.24) is 14.7 Å². The van der Waals surface area contributed by atoms with Crippen LogP contribution in [0.5, 0.6) is 0 Å². The fourth-order valence-electron chi connectivity index (χ4n) is 10.6. The van der Waals surface area contributed by atoms with Crippen molar-refractivity contribution in [3.63, 3.8) is 0 Å². The Kier molecular flexibility index (Phi) is 28.3. The van der Waals surface area contributed by atoms with Gasteiger partial charge in [0.15, 0.2) is 0 Å². The molecule has 0 saturated heterocycles. The standard InChI is InChI=1S/C60H108N6/c1-10-13-16-19-22-25-28-31-34-37-40-64-46-55(49(4)5)61-58(64)52-43-53(59-62-56(50(6)7)47-65(59)41-38-35-32-29-26-23-20-17-14-11-2)45-54(44-52)60-63-57(51(8)9)48-66(60)42-39-36-33-30-27-24-21-18-15-12-3/h43-45,49-51,55-57H,10-42,46-48H2,1-9H3/t55-,56-,57-/m1/s1. The van der Waals surface area contributed by atoms with Gasteiger partial charge in [0.05, 0.1) is 18.1 Å². The van der Waals surface area contributed by atoms with Crippen LogP contribution in [-0.2, 0) is 0 Å². The topological polar surface area (TPSA) is 46.8 Å². The van der Waals surface area contributed by atoms with E-state index in [2.05, 4.69) is 95.2 Å². The first-order valence-electron chi connectivity index (χ1n) is 29.3. The van der Waals surface area contributed by atoms with Gasteiger partial charge in [-0.2, -0.15) is 0 Å². The van der Waals surface area contributed by atoms with Gasteiger partial charge in [0.1, 0.15) is 17.5 Å². The molecule has 3 atom stereocenters. The molecule has 0 aromatic heterocycles. The van der Waals surface area contributed by atoms with Gasteiger partial charge in [-0.3, -0.25) is 15.0 Å². The van der Waals surface area contributed by atoms with Crippen LogP contribution < -0.4 is 0 Å². The van der Waals surface area contributed by atoms with E-state index in [0.29, 0.717) is 35.9 Å². The highest BCUT2D eigenvalue weighted by molar-refractivity contribution is 6.09. The Morgan fingerprint density at radius 3 is 0.727 bits per heavy atom. The van der Waals surface area contributed by atoms with Crippen LogP contribution in [0.2, 0.25) is 0 Å². The molecule has 0 amide bonds. The maximum absolute atomic E-state index is 5.61. The first kappa shape index (κ1) is 56.2. The summed E-state index contributed by atoms with van der Waals surface area (Å²) in [5.41, 5.74) is 3.84. The van der Waals surface area contributed by atoms with E-state index >= 15 is 0 Å². The van der Waals surface area contributed by atoms with Crippen molar-refractivity contribution in [2.75, 3.05) is 39.3 Å². The Labute approximate surface area is 410 Å². The summed E-state index contributed by atoms with van der Waals surface area (Å²) in [5.74, 6) is 5.20. The highest BCUT2D eigenvalue weighted by Crippen LogP contribution is 2.30. The summed E-state index contributed by atoms with van der Waals surface area (Å²) in [4.78, 5) is 24.8. The number of hydrogen-bond donors (Lipinski definition) is 0. The van der Waals surface area contributed by atoms with Crippen molar-refractivity contribution < 1.29 is 0 Å². The maximum Gasteiger partial charge on any atom is 0.131 e. The first-order chi connectivity index (χ1) is 32.2. The number of benzene rings is 1. The zero-order chi connectivity index (χ0) is 47.4. The van der Waals surface area contributed by atoms with E-state index in [-0.39, 0.29) is 0 Å². The first-order valence-corrected chi connectivity index (χ1v) is 29.3. The molecule has 1 aromatic carbocycles. The van der Waals surface area contributed by atoms with Crippen LogP contribution in [0.3, 0.4) is 0 Å². The SMILES string of the molecule is CCCCCCCCCCCCN1C[C@H](C(C)C)N=C1c1cc(C2=N[C@@H](C(C)C)CN2CCCCCCCCCCCC)cc(C2=N[C@@H](C(C)C)CN2CCCCCCCCCCCC)c1. The number of amidine groups is 3. The van der Waals surface area contributed by atoms with Crippen LogP contribution in [0.25, 0.3) is 0 Å². The van der Waals surface area contributed by atoms with Crippen molar-refractivity contribution >= 4 is 17.5 Å². The molecule has 0 fully saturated rings. The fraction of sp³-hybridized carbons (Fsp3) is 0.850. The van der Waals surface area contributed by atoms with Crippen molar-refractivity contribution in [1.29, 1.82) is 0 Å². The van der Waals surface area contributed by atoms with Crippen LogP contribution in [0, 0.1) is 17.8 Å². The minimum absolute atomic E-state index is 0.333. The van der Waals surface area contributed by atoms with Gasteiger partial charge in [0.2, 0.25) is 0 Å². The van der Waals surface area contributed by atoms with Gasteiger partial charge in [-0.1, -0.05) is 236 Å². The van der Waals surface area contributed by atoms with E-state index in [4.69, 9.17) is 15.0 Å². The molecule has 3 aliphatic rings. The van der Waals surface area contributed by atoms with Gasteiger partial charge in [-0.05, 0) is 55.2 Å². The number of hydrogen-bond acceptors (Lipinski definition) is 6. The third-order valence-corrected chi connectivity index (χ3v) is 15.3. The lowest BCUT2D eigenvalue weighted by molar-refractivity contribution is 0.370. The lowest BCUT2D eigenvalue weighted by atomic mass is 10.0. The fourth-order valence-corrected chi connectivity index (χ4v) is 10.6. The van der Waals surface area contributed by atoms with Gasteiger partial charge < -0.3 is 14.7 Å². The minimum atomic E-state index is 0.333. The van der Waals surface area contributed by atoms with Crippen LogP contribution in [-0.4, -0.2) is 89.6 Å². The number of rotatable bonds is 39. The third-order valence-electron chi connectivity index (χ3n) is 15.3. The summed E-state index contributed by atoms with van der Waals surface area (Å²) in [6.45, 7) is 27.6. The number of aliphatic imine (C=N–C) groups is 3. The molecule has 3 aliphatic heterocycles. The van der Waals surface area contributed by atoms with Crippen LogP contribution in [0.15, 0.2) is 33.2 Å². The summed E-state index contributed by atoms with van der Waals surface area (Å²) in [5, 5.41) is 0. The molecule has 378 valence electrons.